The summed E-state index contributed by atoms with van der Waals surface area (Å²) in [4.78, 5) is 8.49. The molecule has 1 heterocycles. The SMILES string of the molecule is COCCNc1nccc(NCCOc2ccc(OC)cc2)n1. The third kappa shape index (κ3) is 5.99. The number of benzene rings is 1. The number of nitrogens with zero attached hydrogens (tertiary/aromatic N) is 2. The van der Waals surface area contributed by atoms with Crippen molar-refractivity contribution in [1.82, 2.24) is 9.97 Å². The van der Waals surface area contributed by atoms with Crippen LogP contribution in [0.5, 0.6) is 11.5 Å². The highest BCUT2D eigenvalue weighted by Gasteiger charge is 1.99. The minimum absolute atomic E-state index is 0.531. The van der Waals surface area contributed by atoms with Gasteiger partial charge in [-0.25, -0.2) is 4.98 Å². The molecule has 0 bridgehead atoms. The van der Waals surface area contributed by atoms with Crippen molar-refractivity contribution in [3.63, 3.8) is 0 Å². The second-order valence-corrected chi connectivity index (χ2v) is 4.64. The molecule has 0 aliphatic heterocycles. The van der Waals surface area contributed by atoms with Crippen LogP contribution in [0.3, 0.4) is 0 Å². The zero-order valence-electron chi connectivity index (χ0n) is 13.4. The minimum Gasteiger partial charge on any atom is -0.497 e. The van der Waals surface area contributed by atoms with E-state index in [4.69, 9.17) is 14.2 Å². The van der Waals surface area contributed by atoms with Gasteiger partial charge in [0, 0.05) is 19.9 Å². The van der Waals surface area contributed by atoms with E-state index in [0.717, 1.165) is 17.3 Å². The van der Waals surface area contributed by atoms with Crippen LogP contribution in [0.2, 0.25) is 0 Å². The molecule has 1 aromatic heterocycles. The van der Waals surface area contributed by atoms with Gasteiger partial charge in [-0.05, 0) is 30.3 Å². The van der Waals surface area contributed by atoms with Crippen LogP contribution in [0, 0.1) is 0 Å². The lowest BCUT2D eigenvalue weighted by atomic mass is 10.3. The van der Waals surface area contributed by atoms with Crippen molar-refractivity contribution < 1.29 is 14.2 Å². The number of anilines is 2. The summed E-state index contributed by atoms with van der Waals surface area (Å²) in [5, 5.41) is 6.28. The maximum Gasteiger partial charge on any atom is 0.224 e. The molecule has 0 radical (unpaired) electrons. The highest BCUT2D eigenvalue weighted by atomic mass is 16.5. The van der Waals surface area contributed by atoms with Crippen LogP contribution in [0.15, 0.2) is 36.5 Å². The summed E-state index contributed by atoms with van der Waals surface area (Å²) in [6.07, 6.45) is 1.70. The topological polar surface area (TPSA) is 77.5 Å². The van der Waals surface area contributed by atoms with E-state index in [1.165, 1.54) is 0 Å². The molecule has 7 nitrogen and oxygen atoms in total. The lowest BCUT2D eigenvalue weighted by Crippen LogP contribution is -2.14. The standard InChI is InChI=1S/C16H22N4O3/c1-21-11-9-19-16-18-8-7-15(20-16)17-10-12-23-14-5-3-13(22-2)4-6-14/h3-8H,9-12H2,1-2H3,(H2,17,18,19,20). The van der Waals surface area contributed by atoms with Crippen LogP contribution in [0.25, 0.3) is 0 Å². The van der Waals surface area contributed by atoms with Gasteiger partial charge in [0.05, 0.1) is 20.3 Å². The molecule has 1 aromatic carbocycles. The molecule has 23 heavy (non-hydrogen) atoms. The van der Waals surface area contributed by atoms with E-state index in [1.54, 1.807) is 20.4 Å². The molecule has 0 amide bonds. The summed E-state index contributed by atoms with van der Waals surface area (Å²) in [7, 11) is 3.29. The van der Waals surface area contributed by atoms with Crippen LogP contribution in [-0.2, 0) is 4.74 Å². The van der Waals surface area contributed by atoms with E-state index < -0.39 is 0 Å². The van der Waals surface area contributed by atoms with E-state index in [-0.39, 0.29) is 0 Å². The zero-order chi connectivity index (χ0) is 16.3. The highest BCUT2D eigenvalue weighted by Crippen LogP contribution is 2.16. The Kier molecular flexibility index (Phi) is 6.93. The maximum atomic E-state index is 5.64. The van der Waals surface area contributed by atoms with Crippen molar-refractivity contribution in [1.29, 1.82) is 0 Å². The van der Waals surface area contributed by atoms with E-state index in [2.05, 4.69) is 20.6 Å². The molecular formula is C16H22N4O3. The number of methoxy groups -OCH3 is 2. The van der Waals surface area contributed by atoms with E-state index in [0.29, 0.717) is 32.3 Å². The Morgan fingerprint density at radius 1 is 0.913 bits per heavy atom. The molecule has 2 rings (SSSR count). The van der Waals surface area contributed by atoms with Gasteiger partial charge in [0.2, 0.25) is 5.95 Å². The average molecular weight is 318 g/mol. The normalized spacial score (nSPS) is 10.2. The number of hydrogen-bond donors (Lipinski definition) is 2. The Morgan fingerprint density at radius 2 is 1.65 bits per heavy atom. The van der Waals surface area contributed by atoms with Crippen molar-refractivity contribution in [3.05, 3.63) is 36.5 Å². The summed E-state index contributed by atoms with van der Waals surface area (Å²) < 4.78 is 15.7. The first-order chi connectivity index (χ1) is 11.3. The van der Waals surface area contributed by atoms with Gasteiger partial charge in [-0.2, -0.15) is 4.98 Å². The highest BCUT2D eigenvalue weighted by molar-refractivity contribution is 5.39. The van der Waals surface area contributed by atoms with Crippen molar-refractivity contribution >= 4 is 11.8 Å². The molecule has 0 spiro atoms. The first-order valence-electron chi connectivity index (χ1n) is 7.38. The van der Waals surface area contributed by atoms with Crippen molar-refractivity contribution in [2.45, 2.75) is 0 Å². The first-order valence-corrected chi connectivity index (χ1v) is 7.38. The molecule has 0 saturated carbocycles. The lowest BCUT2D eigenvalue weighted by Gasteiger charge is -2.09. The van der Waals surface area contributed by atoms with Crippen molar-refractivity contribution in [2.24, 2.45) is 0 Å². The third-order valence-electron chi connectivity index (χ3n) is 2.98. The van der Waals surface area contributed by atoms with Gasteiger partial charge in [0.1, 0.15) is 23.9 Å². The summed E-state index contributed by atoms with van der Waals surface area (Å²) in [5.41, 5.74) is 0. The fourth-order valence-electron chi connectivity index (χ4n) is 1.83. The molecule has 124 valence electrons. The van der Waals surface area contributed by atoms with E-state index >= 15 is 0 Å². The Labute approximate surface area is 136 Å². The number of hydrogen-bond acceptors (Lipinski definition) is 7. The molecule has 2 N–H and O–H groups in total. The van der Waals surface area contributed by atoms with Gasteiger partial charge in [-0.1, -0.05) is 0 Å². The fraction of sp³-hybridized carbons (Fsp3) is 0.375. The molecule has 0 atom stereocenters. The van der Waals surface area contributed by atoms with Gasteiger partial charge < -0.3 is 24.8 Å². The van der Waals surface area contributed by atoms with Gasteiger partial charge >= 0.3 is 0 Å². The number of aromatic nitrogens is 2. The van der Waals surface area contributed by atoms with E-state index in [9.17, 15) is 0 Å². The predicted octanol–water partition coefficient (Wildman–Crippen LogP) is 2.03. The zero-order valence-corrected chi connectivity index (χ0v) is 13.4. The summed E-state index contributed by atoms with van der Waals surface area (Å²) in [6.45, 7) is 2.45. The van der Waals surface area contributed by atoms with Crippen molar-refractivity contribution in [3.8, 4) is 11.5 Å². The number of ether oxygens (including phenoxy) is 3. The van der Waals surface area contributed by atoms with Gasteiger partial charge in [-0.15, -0.1) is 0 Å². The van der Waals surface area contributed by atoms with Crippen molar-refractivity contribution in [2.75, 3.05) is 51.2 Å². The van der Waals surface area contributed by atoms with Crippen LogP contribution in [0.4, 0.5) is 11.8 Å². The Balaban J connectivity index is 1.71. The van der Waals surface area contributed by atoms with Gasteiger partial charge in [0.25, 0.3) is 0 Å². The van der Waals surface area contributed by atoms with Gasteiger partial charge in [-0.3, -0.25) is 0 Å². The first kappa shape index (κ1) is 16.8. The summed E-state index contributed by atoms with van der Waals surface area (Å²) in [5.74, 6) is 2.93. The minimum atomic E-state index is 0.531. The van der Waals surface area contributed by atoms with Crippen LogP contribution in [0.1, 0.15) is 0 Å². The molecule has 0 saturated heterocycles. The molecule has 7 heteroatoms. The van der Waals surface area contributed by atoms with Crippen LogP contribution >= 0.6 is 0 Å². The quantitative estimate of drug-likeness (QED) is 0.649. The molecule has 0 aliphatic rings. The van der Waals surface area contributed by atoms with Crippen LogP contribution < -0.4 is 20.1 Å². The number of rotatable bonds is 10. The second-order valence-electron chi connectivity index (χ2n) is 4.64. The Morgan fingerprint density at radius 3 is 2.39 bits per heavy atom. The van der Waals surface area contributed by atoms with Crippen LogP contribution in [-0.4, -0.2) is 50.5 Å². The van der Waals surface area contributed by atoms with Gasteiger partial charge in [0.15, 0.2) is 0 Å². The fourth-order valence-corrected chi connectivity index (χ4v) is 1.83. The monoisotopic (exact) mass is 318 g/mol. The lowest BCUT2D eigenvalue weighted by molar-refractivity contribution is 0.210. The molecule has 2 aromatic rings. The number of nitrogens with one attached hydrogen (secondary N) is 2. The smallest absolute Gasteiger partial charge is 0.224 e. The largest absolute Gasteiger partial charge is 0.497 e. The van der Waals surface area contributed by atoms with E-state index in [1.807, 2.05) is 30.3 Å². The Bertz CT molecular complexity index is 578. The molecular weight excluding hydrogens is 296 g/mol. The molecule has 0 fully saturated rings. The molecule has 0 aliphatic carbocycles. The molecule has 0 unspecified atom stereocenters. The second kappa shape index (κ2) is 9.47. The average Bonchev–Trinajstić information content (AvgIpc) is 2.60. The predicted molar refractivity (Wildman–Crippen MR) is 89.4 cm³/mol. The summed E-state index contributed by atoms with van der Waals surface area (Å²) in [6, 6.07) is 9.30. The maximum absolute atomic E-state index is 5.64. The summed E-state index contributed by atoms with van der Waals surface area (Å²) >= 11 is 0. The third-order valence-corrected chi connectivity index (χ3v) is 2.98. The Hall–Kier alpha value is -2.54.